The Labute approximate surface area is 166 Å². The minimum atomic E-state index is -5.26. The van der Waals surface area contributed by atoms with Gasteiger partial charge in [-0.1, -0.05) is 0 Å². The number of aliphatic hydroxyl groups is 3. The molecule has 0 aromatic heterocycles. The first kappa shape index (κ1) is 24.0. The van der Waals surface area contributed by atoms with E-state index in [1.807, 2.05) is 0 Å². The number of benzene rings is 2. The van der Waals surface area contributed by atoms with Crippen molar-refractivity contribution in [1.82, 2.24) is 0 Å². The molecule has 0 spiro atoms. The van der Waals surface area contributed by atoms with Crippen molar-refractivity contribution in [2.75, 3.05) is 0 Å². The van der Waals surface area contributed by atoms with Crippen LogP contribution in [0.2, 0.25) is 0 Å². The van der Waals surface area contributed by atoms with Gasteiger partial charge in [-0.05, 0) is 24.3 Å². The van der Waals surface area contributed by atoms with Crippen LogP contribution >= 0.6 is 0 Å². The molecular formula is C16H9F7O8. The standard InChI is InChI=1S/C16H9F7O8/c17-12-7(14(18,19)20)2-4-9(11(12)13(24)25)29-8-3-1-6(30-15(21,22)23)5-10(8)31-16(26,27)28/h1-5,26-28H,(H,24,25). The van der Waals surface area contributed by atoms with Crippen LogP contribution in [0.4, 0.5) is 30.7 Å². The van der Waals surface area contributed by atoms with Crippen molar-refractivity contribution in [1.29, 1.82) is 0 Å². The predicted molar refractivity (Wildman–Crippen MR) is 81.6 cm³/mol. The van der Waals surface area contributed by atoms with E-state index in [1.165, 1.54) is 0 Å². The van der Waals surface area contributed by atoms with Crippen molar-refractivity contribution in [3.8, 4) is 23.0 Å². The maximum Gasteiger partial charge on any atom is 0.573 e. The quantitative estimate of drug-likeness (QED) is 0.381. The molecule has 0 amide bonds. The Balaban J connectivity index is 2.56. The summed E-state index contributed by atoms with van der Waals surface area (Å²) in [5.74, 6) is -8.48. The van der Waals surface area contributed by atoms with Gasteiger partial charge in [0.25, 0.3) is 0 Å². The van der Waals surface area contributed by atoms with E-state index in [1.54, 1.807) is 0 Å². The highest BCUT2D eigenvalue weighted by Crippen LogP contribution is 2.41. The summed E-state index contributed by atoms with van der Waals surface area (Å²) >= 11 is 0. The molecule has 0 atom stereocenters. The lowest BCUT2D eigenvalue weighted by Gasteiger charge is -2.20. The number of alkyl halides is 6. The summed E-state index contributed by atoms with van der Waals surface area (Å²) in [6.07, 6.45) is -14.4. The Morgan fingerprint density at radius 1 is 0.839 bits per heavy atom. The molecule has 2 aromatic rings. The van der Waals surface area contributed by atoms with Crippen LogP contribution in [0.5, 0.6) is 23.0 Å². The SMILES string of the molecule is O=C(O)c1c(Oc2ccc(OC(F)(F)F)cc2OC(O)(O)O)ccc(C(F)(F)F)c1F. The monoisotopic (exact) mass is 462 g/mol. The van der Waals surface area contributed by atoms with Crippen LogP contribution < -0.4 is 14.2 Å². The second kappa shape index (κ2) is 8.09. The fourth-order valence-electron chi connectivity index (χ4n) is 2.18. The number of aromatic carboxylic acids is 1. The Kier molecular flexibility index (Phi) is 6.25. The number of halogens is 7. The molecule has 0 fully saturated rings. The Morgan fingerprint density at radius 2 is 1.42 bits per heavy atom. The molecule has 0 heterocycles. The van der Waals surface area contributed by atoms with E-state index < -0.39 is 64.6 Å². The lowest BCUT2D eigenvalue weighted by atomic mass is 10.1. The topological polar surface area (TPSA) is 126 Å². The number of carboxylic acids is 1. The molecule has 0 saturated carbocycles. The van der Waals surface area contributed by atoms with Crippen molar-refractivity contribution in [2.24, 2.45) is 0 Å². The van der Waals surface area contributed by atoms with Gasteiger partial charge in [0.15, 0.2) is 17.3 Å². The van der Waals surface area contributed by atoms with Crippen LogP contribution in [0.25, 0.3) is 0 Å². The molecule has 0 aliphatic rings. The summed E-state index contributed by atoms with van der Waals surface area (Å²) in [6, 6.07) is 1.96. The molecule has 0 saturated heterocycles. The zero-order valence-corrected chi connectivity index (χ0v) is 14.5. The van der Waals surface area contributed by atoms with Gasteiger partial charge in [0.05, 0.1) is 5.56 Å². The lowest BCUT2D eigenvalue weighted by Crippen LogP contribution is -2.34. The maximum absolute atomic E-state index is 14.1. The number of hydrogen-bond acceptors (Lipinski definition) is 7. The van der Waals surface area contributed by atoms with Crippen molar-refractivity contribution in [3.63, 3.8) is 0 Å². The van der Waals surface area contributed by atoms with Gasteiger partial charge in [0.2, 0.25) is 0 Å². The Bertz CT molecular complexity index is 980. The summed E-state index contributed by atoms with van der Waals surface area (Å²) in [6.45, 7) is 0. The van der Waals surface area contributed by atoms with Gasteiger partial charge in [-0.2, -0.15) is 13.2 Å². The molecule has 2 rings (SSSR count). The molecule has 0 unspecified atom stereocenters. The number of carbonyl (C=O) groups is 1. The normalized spacial score (nSPS) is 12.5. The number of hydrogen-bond donors (Lipinski definition) is 4. The van der Waals surface area contributed by atoms with Gasteiger partial charge >= 0.3 is 24.7 Å². The van der Waals surface area contributed by atoms with Crippen LogP contribution in [-0.2, 0) is 6.18 Å². The molecule has 31 heavy (non-hydrogen) atoms. The summed E-state index contributed by atoms with van der Waals surface area (Å²) in [5.41, 5.74) is -3.54. The molecular weight excluding hydrogens is 453 g/mol. The minimum Gasteiger partial charge on any atom is -0.477 e. The Morgan fingerprint density at radius 3 is 1.90 bits per heavy atom. The smallest absolute Gasteiger partial charge is 0.477 e. The molecule has 4 N–H and O–H groups in total. The van der Waals surface area contributed by atoms with Crippen molar-refractivity contribution < 1.29 is 70.2 Å². The van der Waals surface area contributed by atoms with Crippen LogP contribution in [0.3, 0.4) is 0 Å². The van der Waals surface area contributed by atoms with Gasteiger partial charge in [0, 0.05) is 6.07 Å². The van der Waals surface area contributed by atoms with Crippen LogP contribution in [0.1, 0.15) is 15.9 Å². The minimum absolute atomic E-state index is 0.132. The second-order valence-corrected chi connectivity index (χ2v) is 5.54. The molecule has 8 nitrogen and oxygen atoms in total. The van der Waals surface area contributed by atoms with E-state index >= 15 is 0 Å². The molecule has 170 valence electrons. The average molecular weight is 462 g/mol. The van der Waals surface area contributed by atoms with Gasteiger partial charge < -0.3 is 34.6 Å². The summed E-state index contributed by atoms with van der Waals surface area (Å²) < 4.78 is 102. The van der Waals surface area contributed by atoms with Crippen molar-refractivity contribution in [3.05, 3.63) is 47.3 Å². The largest absolute Gasteiger partial charge is 0.573 e. The summed E-state index contributed by atoms with van der Waals surface area (Å²) in [7, 11) is 0. The average Bonchev–Trinajstić information content (AvgIpc) is 2.52. The third kappa shape index (κ3) is 6.34. The number of carboxylic acid groups (broad SMARTS) is 1. The van der Waals surface area contributed by atoms with E-state index in [0.717, 1.165) is 0 Å². The fraction of sp³-hybridized carbons (Fsp3) is 0.188. The maximum atomic E-state index is 14.1. The second-order valence-electron chi connectivity index (χ2n) is 5.54. The Hall–Kier alpha value is -3.30. The molecule has 0 aliphatic heterocycles. The highest BCUT2D eigenvalue weighted by atomic mass is 19.4. The van der Waals surface area contributed by atoms with Crippen LogP contribution in [0, 0.1) is 5.82 Å². The fourth-order valence-corrected chi connectivity index (χ4v) is 2.18. The van der Waals surface area contributed by atoms with Gasteiger partial charge in [0.1, 0.15) is 17.1 Å². The molecule has 2 aromatic carbocycles. The highest BCUT2D eigenvalue weighted by Gasteiger charge is 2.38. The van der Waals surface area contributed by atoms with E-state index in [4.69, 9.17) is 25.2 Å². The van der Waals surface area contributed by atoms with Crippen LogP contribution in [-0.4, -0.2) is 38.9 Å². The molecule has 0 aliphatic carbocycles. The first-order valence-electron chi connectivity index (χ1n) is 7.54. The zero-order valence-electron chi connectivity index (χ0n) is 14.5. The number of rotatable bonds is 6. The van der Waals surface area contributed by atoms with Crippen molar-refractivity contribution in [2.45, 2.75) is 18.7 Å². The van der Waals surface area contributed by atoms with E-state index in [-0.39, 0.29) is 6.07 Å². The van der Waals surface area contributed by atoms with Crippen molar-refractivity contribution >= 4 is 5.97 Å². The lowest BCUT2D eigenvalue weighted by molar-refractivity contribution is -0.419. The summed E-state index contributed by atoms with van der Waals surface area (Å²) in [5, 5.41) is 35.7. The highest BCUT2D eigenvalue weighted by molar-refractivity contribution is 5.91. The predicted octanol–water partition coefficient (Wildman–Crippen LogP) is 3.20. The van der Waals surface area contributed by atoms with E-state index in [0.29, 0.717) is 24.3 Å². The van der Waals surface area contributed by atoms with Gasteiger partial charge in [-0.25, -0.2) is 9.18 Å². The zero-order chi connectivity index (χ0) is 23.8. The van der Waals surface area contributed by atoms with Gasteiger partial charge in [-0.15, -0.1) is 13.2 Å². The molecule has 0 bridgehead atoms. The van der Waals surface area contributed by atoms with Crippen LogP contribution in [0.15, 0.2) is 30.3 Å². The van der Waals surface area contributed by atoms with Gasteiger partial charge in [-0.3, -0.25) is 0 Å². The molecule has 15 heteroatoms. The van der Waals surface area contributed by atoms with E-state index in [9.17, 15) is 35.5 Å². The third-order valence-corrected chi connectivity index (χ3v) is 3.24. The third-order valence-electron chi connectivity index (χ3n) is 3.24. The van der Waals surface area contributed by atoms with E-state index in [2.05, 4.69) is 9.47 Å². The first-order valence-corrected chi connectivity index (χ1v) is 7.54. The summed E-state index contributed by atoms with van der Waals surface area (Å²) in [4.78, 5) is 11.3. The number of ether oxygens (including phenoxy) is 3. The molecule has 0 radical (unpaired) electrons. The first-order chi connectivity index (χ1) is 14.0.